The summed E-state index contributed by atoms with van der Waals surface area (Å²) in [6, 6.07) is 2.66. The molecular formula is C16H29N5O. The van der Waals surface area contributed by atoms with Gasteiger partial charge in [-0.15, -0.1) is 0 Å². The van der Waals surface area contributed by atoms with Gasteiger partial charge in [0.25, 0.3) is 0 Å². The minimum absolute atomic E-state index is 0.132. The summed E-state index contributed by atoms with van der Waals surface area (Å²) in [5.41, 5.74) is 2.22. The van der Waals surface area contributed by atoms with Gasteiger partial charge in [0.05, 0.1) is 12.2 Å². The number of amides is 1. The highest BCUT2D eigenvalue weighted by atomic mass is 16.2. The Kier molecular flexibility index (Phi) is 5.97. The van der Waals surface area contributed by atoms with Crippen molar-refractivity contribution >= 4 is 5.91 Å². The zero-order chi connectivity index (χ0) is 16.1. The lowest BCUT2D eigenvalue weighted by Crippen LogP contribution is -2.38. The van der Waals surface area contributed by atoms with Gasteiger partial charge in [0.15, 0.2) is 0 Å². The number of nitrogens with one attached hydrogen (secondary N) is 1. The molecule has 22 heavy (non-hydrogen) atoms. The van der Waals surface area contributed by atoms with E-state index in [1.165, 1.54) is 5.69 Å². The number of carbonyl (C=O) groups excluding carboxylic acids is 1. The maximum Gasteiger partial charge on any atom is 0.234 e. The third kappa shape index (κ3) is 4.81. The molecule has 0 bridgehead atoms. The van der Waals surface area contributed by atoms with Crippen molar-refractivity contribution in [1.29, 1.82) is 0 Å². The highest BCUT2D eigenvalue weighted by Crippen LogP contribution is 2.12. The van der Waals surface area contributed by atoms with Gasteiger partial charge in [0.2, 0.25) is 5.91 Å². The van der Waals surface area contributed by atoms with Crippen molar-refractivity contribution in [3.05, 3.63) is 17.5 Å². The maximum atomic E-state index is 12.0. The molecule has 124 valence electrons. The molecule has 1 fully saturated rings. The molecule has 1 atom stereocenters. The fourth-order valence-electron chi connectivity index (χ4n) is 2.99. The number of hydrogen-bond acceptors (Lipinski definition) is 4. The maximum absolute atomic E-state index is 12.0. The van der Waals surface area contributed by atoms with Crippen molar-refractivity contribution in [2.24, 2.45) is 0 Å². The van der Waals surface area contributed by atoms with Crippen molar-refractivity contribution in [3.63, 3.8) is 0 Å². The molecule has 0 radical (unpaired) electrons. The second-order valence-corrected chi connectivity index (χ2v) is 6.49. The molecule has 0 aromatic carbocycles. The zero-order valence-corrected chi connectivity index (χ0v) is 14.3. The molecule has 2 rings (SSSR count). The summed E-state index contributed by atoms with van der Waals surface area (Å²) in [6.45, 7) is 8.16. The van der Waals surface area contributed by atoms with E-state index in [0.717, 1.165) is 38.2 Å². The summed E-state index contributed by atoms with van der Waals surface area (Å²) < 4.78 is 2.00. The average molecular weight is 307 g/mol. The second kappa shape index (κ2) is 7.74. The monoisotopic (exact) mass is 307 g/mol. The van der Waals surface area contributed by atoms with Crippen LogP contribution in [0.15, 0.2) is 6.07 Å². The minimum atomic E-state index is 0.132. The standard InChI is InChI=1S/C16H29N5O/c1-13-10-14(2)21(18-13)8-5-7-17-16(22)12-20-9-6-15(11-20)19(3)4/h10,15H,5-9,11-12H2,1-4H3,(H,17,22). The Labute approximate surface area is 133 Å². The van der Waals surface area contributed by atoms with E-state index in [1.54, 1.807) is 0 Å². The third-order valence-electron chi connectivity index (χ3n) is 4.32. The van der Waals surface area contributed by atoms with Crippen LogP contribution in [0.1, 0.15) is 24.2 Å². The molecule has 0 spiro atoms. The van der Waals surface area contributed by atoms with Crippen LogP contribution in [-0.4, -0.2) is 71.8 Å². The highest BCUT2D eigenvalue weighted by molar-refractivity contribution is 5.78. The van der Waals surface area contributed by atoms with E-state index >= 15 is 0 Å². The number of aryl methyl sites for hydroxylation is 3. The lowest BCUT2D eigenvalue weighted by molar-refractivity contribution is -0.122. The van der Waals surface area contributed by atoms with Gasteiger partial charge in [-0.3, -0.25) is 14.4 Å². The molecule has 0 aliphatic carbocycles. The van der Waals surface area contributed by atoms with E-state index in [0.29, 0.717) is 19.1 Å². The Balaban J connectivity index is 1.61. The van der Waals surface area contributed by atoms with E-state index < -0.39 is 0 Å². The largest absolute Gasteiger partial charge is 0.355 e. The fraction of sp³-hybridized carbons (Fsp3) is 0.750. The SMILES string of the molecule is Cc1cc(C)n(CCCNC(=O)CN2CCC(N(C)C)C2)n1. The van der Waals surface area contributed by atoms with Crippen LogP contribution in [0.4, 0.5) is 0 Å². The smallest absolute Gasteiger partial charge is 0.234 e. The van der Waals surface area contributed by atoms with Crippen molar-refractivity contribution in [1.82, 2.24) is 24.9 Å². The Morgan fingerprint density at radius 3 is 2.82 bits per heavy atom. The van der Waals surface area contributed by atoms with Gasteiger partial charge in [-0.2, -0.15) is 5.10 Å². The first-order chi connectivity index (χ1) is 10.5. The van der Waals surface area contributed by atoms with Gasteiger partial charge in [0.1, 0.15) is 0 Å². The van der Waals surface area contributed by atoms with Gasteiger partial charge in [-0.25, -0.2) is 0 Å². The molecule has 1 amide bonds. The van der Waals surface area contributed by atoms with Crippen molar-refractivity contribution in [2.45, 2.75) is 39.3 Å². The van der Waals surface area contributed by atoms with Crippen LogP contribution in [0.5, 0.6) is 0 Å². The highest BCUT2D eigenvalue weighted by Gasteiger charge is 2.24. The summed E-state index contributed by atoms with van der Waals surface area (Å²) in [5.74, 6) is 0.132. The Bertz CT molecular complexity index is 497. The van der Waals surface area contributed by atoms with Gasteiger partial charge >= 0.3 is 0 Å². The number of hydrogen-bond donors (Lipinski definition) is 1. The molecule has 0 saturated carbocycles. The summed E-state index contributed by atoms with van der Waals surface area (Å²) in [5, 5.41) is 7.44. The number of nitrogens with zero attached hydrogens (tertiary/aromatic N) is 4. The predicted molar refractivity (Wildman–Crippen MR) is 87.9 cm³/mol. The predicted octanol–water partition coefficient (Wildman–Crippen LogP) is 0.642. The summed E-state index contributed by atoms with van der Waals surface area (Å²) in [7, 11) is 4.21. The van der Waals surface area contributed by atoms with Crippen LogP contribution < -0.4 is 5.32 Å². The Morgan fingerprint density at radius 2 is 2.23 bits per heavy atom. The molecule has 1 aromatic heterocycles. The van der Waals surface area contributed by atoms with Gasteiger partial charge in [-0.05, 0) is 46.9 Å². The molecule has 1 aliphatic rings. The Morgan fingerprint density at radius 1 is 1.45 bits per heavy atom. The molecule has 6 heteroatoms. The number of aromatic nitrogens is 2. The van der Waals surface area contributed by atoms with Crippen LogP contribution in [0, 0.1) is 13.8 Å². The lowest BCUT2D eigenvalue weighted by atomic mass is 10.2. The molecule has 1 aliphatic heterocycles. The number of likely N-dealkylation sites (N-methyl/N-ethyl adjacent to an activating group) is 1. The average Bonchev–Trinajstić information content (AvgIpc) is 3.02. The minimum Gasteiger partial charge on any atom is -0.355 e. The lowest BCUT2D eigenvalue weighted by Gasteiger charge is -2.20. The third-order valence-corrected chi connectivity index (χ3v) is 4.32. The number of likely N-dealkylation sites (tertiary alicyclic amines) is 1. The van der Waals surface area contributed by atoms with Crippen LogP contribution in [0.25, 0.3) is 0 Å². The number of carbonyl (C=O) groups is 1. The van der Waals surface area contributed by atoms with Crippen LogP contribution >= 0.6 is 0 Å². The summed E-state index contributed by atoms with van der Waals surface area (Å²) in [6.07, 6.45) is 2.06. The first-order valence-electron chi connectivity index (χ1n) is 8.12. The van der Waals surface area contributed by atoms with E-state index in [4.69, 9.17) is 0 Å². The molecule has 6 nitrogen and oxygen atoms in total. The molecule has 2 heterocycles. The van der Waals surface area contributed by atoms with E-state index in [2.05, 4.69) is 47.3 Å². The molecule has 1 aromatic rings. The van der Waals surface area contributed by atoms with Crippen LogP contribution in [0.2, 0.25) is 0 Å². The van der Waals surface area contributed by atoms with Gasteiger partial charge in [-0.1, -0.05) is 0 Å². The molecule has 1 saturated heterocycles. The topological polar surface area (TPSA) is 53.4 Å². The van der Waals surface area contributed by atoms with E-state index in [1.807, 2.05) is 11.6 Å². The summed E-state index contributed by atoms with van der Waals surface area (Å²) in [4.78, 5) is 16.4. The van der Waals surface area contributed by atoms with E-state index in [9.17, 15) is 4.79 Å². The van der Waals surface area contributed by atoms with Crippen molar-refractivity contribution in [3.8, 4) is 0 Å². The normalized spacial score (nSPS) is 19.0. The molecule has 1 N–H and O–H groups in total. The van der Waals surface area contributed by atoms with Crippen molar-refractivity contribution in [2.75, 3.05) is 40.3 Å². The molecular weight excluding hydrogens is 278 g/mol. The van der Waals surface area contributed by atoms with E-state index in [-0.39, 0.29) is 5.91 Å². The fourth-order valence-corrected chi connectivity index (χ4v) is 2.99. The van der Waals surface area contributed by atoms with Gasteiger partial charge in [0, 0.05) is 37.9 Å². The number of rotatable bonds is 7. The summed E-state index contributed by atoms with van der Waals surface area (Å²) >= 11 is 0. The van der Waals surface area contributed by atoms with Gasteiger partial charge < -0.3 is 10.2 Å². The quantitative estimate of drug-likeness (QED) is 0.751. The van der Waals surface area contributed by atoms with Crippen molar-refractivity contribution < 1.29 is 4.79 Å². The first kappa shape index (κ1) is 17.0. The Hall–Kier alpha value is -1.40. The molecule has 1 unspecified atom stereocenters. The second-order valence-electron chi connectivity index (χ2n) is 6.49. The van der Waals surface area contributed by atoms with Crippen LogP contribution in [-0.2, 0) is 11.3 Å². The first-order valence-corrected chi connectivity index (χ1v) is 8.12. The van der Waals surface area contributed by atoms with Crippen LogP contribution in [0.3, 0.4) is 0 Å². The zero-order valence-electron chi connectivity index (χ0n) is 14.3.